The molecule has 1 heterocycles. The molecule has 2 aromatic carbocycles. The van der Waals surface area contributed by atoms with Gasteiger partial charge in [-0.2, -0.15) is 0 Å². The van der Waals surface area contributed by atoms with Crippen LogP contribution in [0.1, 0.15) is 17.5 Å². The minimum Gasteiger partial charge on any atom is -0.447 e. The summed E-state index contributed by atoms with van der Waals surface area (Å²) in [4.78, 5) is 0. The first-order valence-corrected chi connectivity index (χ1v) is 7.24. The summed E-state index contributed by atoms with van der Waals surface area (Å²) in [6, 6.07) is 12.9. The van der Waals surface area contributed by atoms with E-state index in [9.17, 15) is 8.78 Å². The highest BCUT2D eigenvalue weighted by Crippen LogP contribution is 2.41. The van der Waals surface area contributed by atoms with Crippen LogP contribution < -0.4 is 0 Å². The van der Waals surface area contributed by atoms with E-state index in [0.717, 1.165) is 23.4 Å². The number of halogens is 2. The van der Waals surface area contributed by atoms with Gasteiger partial charge in [0.15, 0.2) is 0 Å². The van der Waals surface area contributed by atoms with Gasteiger partial charge in [0.05, 0.1) is 6.61 Å². The average Bonchev–Trinajstić information content (AvgIpc) is 2.94. The lowest BCUT2D eigenvalue weighted by molar-refractivity contribution is -0.476. The summed E-state index contributed by atoms with van der Waals surface area (Å²) in [5.41, 5.74) is 1.38. The summed E-state index contributed by atoms with van der Waals surface area (Å²) in [5.74, 6) is 0.248. The third-order valence-corrected chi connectivity index (χ3v) is 4.16. The van der Waals surface area contributed by atoms with E-state index in [4.69, 9.17) is 4.74 Å². The summed E-state index contributed by atoms with van der Waals surface area (Å²) in [7, 11) is 3.84. The molecule has 0 aliphatic carbocycles. The van der Waals surface area contributed by atoms with Gasteiger partial charge in [0, 0.05) is 6.42 Å². The number of benzene rings is 2. The van der Waals surface area contributed by atoms with Crippen LogP contribution in [0.3, 0.4) is 0 Å². The van der Waals surface area contributed by atoms with E-state index in [1.165, 1.54) is 24.3 Å². The van der Waals surface area contributed by atoms with Gasteiger partial charge >= 0.3 is 5.90 Å². The molecule has 0 bridgehead atoms. The van der Waals surface area contributed by atoms with Gasteiger partial charge < -0.3 is 4.74 Å². The van der Waals surface area contributed by atoms with E-state index in [-0.39, 0.29) is 11.6 Å². The molecule has 1 saturated heterocycles. The Balaban J connectivity index is 2.25. The number of hydrogen-bond acceptors (Lipinski definition) is 1. The maximum atomic E-state index is 13.3. The van der Waals surface area contributed by atoms with Crippen LogP contribution in [0, 0.1) is 11.6 Å². The fourth-order valence-corrected chi connectivity index (χ4v) is 3.21. The van der Waals surface area contributed by atoms with Gasteiger partial charge in [0.2, 0.25) is 0 Å². The topological polar surface area (TPSA) is 12.2 Å². The van der Waals surface area contributed by atoms with Crippen molar-refractivity contribution >= 4 is 5.90 Å². The Morgan fingerprint density at radius 1 is 0.864 bits per heavy atom. The normalized spacial score (nSPS) is 16.5. The van der Waals surface area contributed by atoms with Gasteiger partial charge in [-0.05, 0) is 35.4 Å². The van der Waals surface area contributed by atoms with Crippen LogP contribution in [0.5, 0.6) is 0 Å². The van der Waals surface area contributed by atoms with E-state index in [1.807, 2.05) is 18.7 Å². The Morgan fingerprint density at radius 2 is 1.32 bits per heavy atom. The second-order valence-corrected chi connectivity index (χ2v) is 5.72. The molecule has 4 heteroatoms. The molecule has 0 saturated carbocycles. The highest BCUT2D eigenvalue weighted by atomic mass is 19.1. The molecule has 22 heavy (non-hydrogen) atoms. The highest BCUT2D eigenvalue weighted by molar-refractivity contribution is 5.90. The molecule has 0 unspecified atom stereocenters. The van der Waals surface area contributed by atoms with Gasteiger partial charge in [0.25, 0.3) is 0 Å². The van der Waals surface area contributed by atoms with Crippen molar-refractivity contribution in [2.45, 2.75) is 11.8 Å². The zero-order valence-electron chi connectivity index (χ0n) is 12.6. The molecular formula is C18H18F2NO+. The Bertz CT molecular complexity index is 655. The number of ether oxygens (including phenoxy) is 1. The quantitative estimate of drug-likeness (QED) is 0.775. The van der Waals surface area contributed by atoms with Gasteiger partial charge in [-0.1, -0.05) is 24.3 Å². The highest BCUT2D eigenvalue weighted by Gasteiger charge is 2.50. The van der Waals surface area contributed by atoms with Crippen LogP contribution >= 0.6 is 0 Å². The molecule has 0 atom stereocenters. The van der Waals surface area contributed by atoms with Gasteiger partial charge in [-0.15, -0.1) is 0 Å². The van der Waals surface area contributed by atoms with E-state index < -0.39 is 5.41 Å². The summed E-state index contributed by atoms with van der Waals surface area (Å²) in [6.45, 7) is 0.572. The smallest absolute Gasteiger partial charge is 0.351 e. The molecule has 1 aliphatic heterocycles. The molecule has 0 radical (unpaired) electrons. The SMILES string of the molecule is C[N+](C)=C1OCCC1(c1ccc(F)cc1)c1ccc(F)cc1. The molecule has 0 amide bonds. The zero-order valence-corrected chi connectivity index (χ0v) is 12.6. The second kappa shape index (κ2) is 5.52. The molecule has 114 valence electrons. The van der Waals surface area contributed by atoms with Crippen LogP contribution in [0.2, 0.25) is 0 Å². The minimum atomic E-state index is -0.509. The Kier molecular flexibility index (Phi) is 3.69. The first-order chi connectivity index (χ1) is 10.5. The van der Waals surface area contributed by atoms with Crippen LogP contribution in [-0.4, -0.2) is 31.2 Å². The van der Waals surface area contributed by atoms with Crippen LogP contribution in [0.4, 0.5) is 8.78 Å². The maximum absolute atomic E-state index is 13.3. The maximum Gasteiger partial charge on any atom is 0.351 e. The molecule has 1 fully saturated rings. The number of nitrogens with zero attached hydrogens (tertiary/aromatic N) is 1. The van der Waals surface area contributed by atoms with Crippen LogP contribution in [0.15, 0.2) is 48.5 Å². The van der Waals surface area contributed by atoms with Gasteiger partial charge in [-0.25, -0.2) is 13.4 Å². The predicted molar refractivity (Wildman–Crippen MR) is 81.3 cm³/mol. The summed E-state index contributed by atoms with van der Waals surface area (Å²) in [6.07, 6.45) is 0.734. The molecule has 0 spiro atoms. The van der Waals surface area contributed by atoms with Crippen molar-refractivity contribution in [2.75, 3.05) is 20.7 Å². The monoisotopic (exact) mass is 302 g/mol. The minimum absolute atomic E-state index is 0.275. The van der Waals surface area contributed by atoms with Crippen LogP contribution in [0.25, 0.3) is 0 Å². The lowest BCUT2D eigenvalue weighted by Gasteiger charge is -2.26. The second-order valence-electron chi connectivity index (χ2n) is 5.72. The first kappa shape index (κ1) is 14.7. The molecule has 1 aliphatic rings. The molecule has 3 rings (SSSR count). The Morgan fingerprint density at radius 3 is 1.73 bits per heavy atom. The van der Waals surface area contributed by atoms with Gasteiger partial charge in [-0.3, -0.25) is 0 Å². The lowest BCUT2D eigenvalue weighted by Crippen LogP contribution is -2.37. The standard InChI is InChI=1S/C18H18F2NO/c1-21(2)17-18(11-12-22-17,13-3-7-15(19)8-4-13)14-5-9-16(20)10-6-14/h3-10H,11-12H2,1-2H3/q+1. The number of hydrogen-bond donors (Lipinski definition) is 0. The van der Waals surface area contributed by atoms with E-state index >= 15 is 0 Å². The summed E-state index contributed by atoms with van der Waals surface area (Å²) < 4.78 is 34.4. The van der Waals surface area contributed by atoms with E-state index in [1.54, 1.807) is 24.3 Å². The van der Waals surface area contributed by atoms with Crippen molar-refractivity contribution < 1.29 is 18.1 Å². The van der Waals surface area contributed by atoms with Crippen molar-refractivity contribution in [3.63, 3.8) is 0 Å². The van der Waals surface area contributed by atoms with Crippen molar-refractivity contribution in [2.24, 2.45) is 0 Å². The van der Waals surface area contributed by atoms with Crippen molar-refractivity contribution in [1.29, 1.82) is 0 Å². The molecule has 0 N–H and O–H groups in total. The summed E-state index contributed by atoms with van der Waals surface area (Å²) >= 11 is 0. The first-order valence-electron chi connectivity index (χ1n) is 7.24. The van der Waals surface area contributed by atoms with Crippen LogP contribution in [-0.2, 0) is 10.2 Å². The van der Waals surface area contributed by atoms with E-state index in [2.05, 4.69) is 0 Å². The third-order valence-electron chi connectivity index (χ3n) is 4.16. The third kappa shape index (κ3) is 2.28. The van der Waals surface area contributed by atoms with Crippen molar-refractivity contribution in [3.05, 3.63) is 71.3 Å². The van der Waals surface area contributed by atoms with Crippen molar-refractivity contribution in [3.8, 4) is 0 Å². The van der Waals surface area contributed by atoms with Crippen molar-refractivity contribution in [1.82, 2.24) is 0 Å². The fraction of sp³-hybridized carbons (Fsp3) is 0.278. The molecular weight excluding hydrogens is 284 g/mol. The molecule has 0 aromatic heterocycles. The fourth-order valence-electron chi connectivity index (χ4n) is 3.21. The largest absolute Gasteiger partial charge is 0.447 e. The summed E-state index contributed by atoms with van der Waals surface area (Å²) in [5, 5.41) is 0. The molecule has 2 aromatic rings. The zero-order chi connectivity index (χ0) is 15.7. The Hall–Kier alpha value is -2.23. The lowest BCUT2D eigenvalue weighted by atomic mass is 9.73. The Labute approximate surface area is 128 Å². The van der Waals surface area contributed by atoms with E-state index in [0.29, 0.717) is 6.61 Å². The van der Waals surface area contributed by atoms with Gasteiger partial charge in [0.1, 0.15) is 31.1 Å². The predicted octanol–water partition coefficient (Wildman–Crippen LogP) is 3.34. The number of rotatable bonds is 2. The average molecular weight is 302 g/mol. The molecule has 2 nitrogen and oxygen atoms in total.